The van der Waals surface area contributed by atoms with Crippen LogP contribution in [0.2, 0.25) is 0 Å². The van der Waals surface area contributed by atoms with Gasteiger partial charge in [-0.15, -0.1) is 0 Å². The zero-order chi connectivity index (χ0) is 19.6. The minimum atomic E-state index is -0.551. The van der Waals surface area contributed by atoms with Crippen LogP contribution < -0.4 is 10.1 Å². The Hall–Kier alpha value is -2.81. The average Bonchev–Trinajstić information content (AvgIpc) is 3.03. The van der Waals surface area contributed by atoms with Crippen LogP contribution in [0.15, 0.2) is 29.3 Å². The number of hydrogen-bond donors (Lipinski definition) is 1. The first kappa shape index (κ1) is 19.0. The first-order valence-corrected chi connectivity index (χ1v) is 8.71. The monoisotopic (exact) mass is 375 g/mol. The summed E-state index contributed by atoms with van der Waals surface area (Å²) >= 11 is 0. The molecule has 9 heteroatoms. The van der Waals surface area contributed by atoms with Gasteiger partial charge in [-0.2, -0.15) is 0 Å². The van der Waals surface area contributed by atoms with Crippen LogP contribution in [-0.4, -0.2) is 86.3 Å². The van der Waals surface area contributed by atoms with Crippen LogP contribution in [0.3, 0.4) is 0 Å². The Morgan fingerprint density at radius 1 is 1.22 bits per heavy atom. The summed E-state index contributed by atoms with van der Waals surface area (Å²) in [4.78, 5) is 34.3. The molecule has 1 aromatic carbocycles. The quantitative estimate of drug-likeness (QED) is 0.721. The largest absolute Gasteiger partial charge is 0.497 e. The molecule has 0 spiro atoms. The zero-order valence-corrected chi connectivity index (χ0v) is 16.0. The Morgan fingerprint density at radius 3 is 2.70 bits per heavy atom. The van der Waals surface area contributed by atoms with Gasteiger partial charge in [-0.05, 0) is 17.7 Å². The van der Waals surface area contributed by atoms with Crippen molar-refractivity contribution in [2.24, 2.45) is 4.99 Å². The third-order valence-electron chi connectivity index (χ3n) is 4.82. The number of benzene rings is 1. The van der Waals surface area contributed by atoms with Crippen LogP contribution in [-0.2, 0) is 16.1 Å². The zero-order valence-electron chi connectivity index (χ0n) is 16.0. The number of carbonyl (C=O) groups excluding carboxylic acids is 2. The van der Waals surface area contributed by atoms with Crippen LogP contribution in [0.1, 0.15) is 5.56 Å². The number of rotatable bonds is 6. The van der Waals surface area contributed by atoms with Crippen molar-refractivity contribution in [3.05, 3.63) is 29.8 Å². The highest BCUT2D eigenvalue weighted by Gasteiger charge is 2.52. The molecule has 27 heavy (non-hydrogen) atoms. The first-order valence-electron chi connectivity index (χ1n) is 8.71. The number of urea groups is 1. The molecule has 2 atom stereocenters. The van der Waals surface area contributed by atoms with E-state index in [-0.39, 0.29) is 11.9 Å². The SMILES string of the molecule is COCCN=C1NC2C(C(=O)N(C)C(=O)N2C)N1Cc1cccc(OC)c1. The van der Waals surface area contributed by atoms with Crippen LogP contribution >= 0.6 is 0 Å². The maximum Gasteiger partial charge on any atom is 0.327 e. The van der Waals surface area contributed by atoms with Crippen LogP contribution in [0.4, 0.5) is 4.79 Å². The highest BCUT2D eigenvalue weighted by Crippen LogP contribution is 2.26. The molecule has 2 saturated heterocycles. The van der Waals surface area contributed by atoms with E-state index in [4.69, 9.17) is 9.47 Å². The third-order valence-corrected chi connectivity index (χ3v) is 4.82. The molecule has 1 N–H and O–H groups in total. The van der Waals surface area contributed by atoms with Gasteiger partial charge < -0.3 is 24.6 Å². The van der Waals surface area contributed by atoms with Crippen molar-refractivity contribution < 1.29 is 19.1 Å². The Labute approximate surface area is 158 Å². The number of likely N-dealkylation sites (N-methyl/N-ethyl adjacent to an activating group) is 2. The van der Waals surface area contributed by atoms with Crippen molar-refractivity contribution in [2.45, 2.75) is 18.8 Å². The maximum absolute atomic E-state index is 12.9. The summed E-state index contributed by atoms with van der Waals surface area (Å²) in [6.45, 7) is 1.38. The summed E-state index contributed by atoms with van der Waals surface area (Å²) < 4.78 is 10.4. The van der Waals surface area contributed by atoms with E-state index in [2.05, 4.69) is 10.3 Å². The molecule has 2 aliphatic heterocycles. The van der Waals surface area contributed by atoms with E-state index < -0.39 is 12.2 Å². The van der Waals surface area contributed by atoms with Crippen LogP contribution in [0, 0.1) is 0 Å². The summed E-state index contributed by atoms with van der Waals surface area (Å²) in [5.41, 5.74) is 0.978. The number of nitrogens with zero attached hydrogens (tertiary/aromatic N) is 4. The fraction of sp³-hybridized carbons (Fsp3) is 0.500. The molecule has 0 aromatic heterocycles. The molecule has 0 aliphatic carbocycles. The average molecular weight is 375 g/mol. The number of ether oxygens (including phenoxy) is 2. The summed E-state index contributed by atoms with van der Waals surface area (Å²) in [6.07, 6.45) is -0.465. The van der Waals surface area contributed by atoms with Gasteiger partial charge in [-0.1, -0.05) is 12.1 Å². The molecule has 146 valence electrons. The molecule has 3 amide bonds. The lowest BCUT2D eigenvalue weighted by Gasteiger charge is -2.39. The second kappa shape index (κ2) is 7.83. The number of guanidine groups is 1. The van der Waals surface area contributed by atoms with E-state index in [9.17, 15) is 9.59 Å². The maximum atomic E-state index is 12.9. The van der Waals surface area contributed by atoms with Crippen molar-refractivity contribution in [1.82, 2.24) is 20.0 Å². The predicted octanol–water partition coefficient (Wildman–Crippen LogP) is 0.321. The lowest BCUT2D eigenvalue weighted by Crippen LogP contribution is -2.65. The van der Waals surface area contributed by atoms with Crippen LogP contribution in [0.5, 0.6) is 5.75 Å². The molecule has 2 aliphatic rings. The Kier molecular flexibility index (Phi) is 5.50. The Morgan fingerprint density at radius 2 is 2.00 bits per heavy atom. The summed E-state index contributed by atoms with van der Waals surface area (Å²) in [5, 5.41) is 3.23. The molecular weight excluding hydrogens is 350 g/mol. The minimum Gasteiger partial charge on any atom is -0.497 e. The van der Waals surface area contributed by atoms with Gasteiger partial charge in [-0.25, -0.2) is 4.79 Å². The van der Waals surface area contributed by atoms with Gasteiger partial charge in [0.05, 0.1) is 20.3 Å². The second-order valence-electron chi connectivity index (χ2n) is 6.50. The molecule has 2 heterocycles. The summed E-state index contributed by atoms with van der Waals surface area (Å²) in [6, 6.07) is 6.77. The summed E-state index contributed by atoms with van der Waals surface area (Å²) in [7, 11) is 6.41. The highest BCUT2D eigenvalue weighted by atomic mass is 16.5. The lowest BCUT2D eigenvalue weighted by molar-refractivity contribution is -0.136. The van der Waals surface area contributed by atoms with E-state index in [1.807, 2.05) is 29.2 Å². The topological polar surface area (TPSA) is 86.7 Å². The number of aliphatic imine (C=N–C) groups is 1. The van der Waals surface area contributed by atoms with Crippen molar-refractivity contribution in [3.63, 3.8) is 0 Å². The van der Waals surface area contributed by atoms with E-state index in [1.165, 1.54) is 11.9 Å². The number of amides is 3. The number of carbonyl (C=O) groups is 2. The first-order chi connectivity index (χ1) is 13.0. The van der Waals surface area contributed by atoms with E-state index in [1.54, 1.807) is 21.3 Å². The molecule has 3 rings (SSSR count). The summed E-state index contributed by atoms with van der Waals surface area (Å²) in [5.74, 6) is 1.07. The van der Waals surface area contributed by atoms with Gasteiger partial charge in [0.2, 0.25) is 0 Å². The molecule has 0 bridgehead atoms. The smallest absolute Gasteiger partial charge is 0.327 e. The van der Waals surface area contributed by atoms with E-state index in [0.29, 0.717) is 25.7 Å². The third kappa shape index (κ3) is 3.55. The Balaban J connectivity index is 1.93. The van der Waals surface area contributed by atoms with E-state index >= 15 is 0 Å². The molecule has 9 nitrogen and oxygen atoms in total. The van der Waals surface area contributed by atoms with Crippen molar-refractivity contribution >= 4 is 17.9 Å². The number of hydrogen-bond acceptors (Lipinski definition) is 5. The molecule has 2 unspecified atom stereocenters. The molecule has 0 radical (unpaired) electrons. The molecule has 0 saturated carbocycles. The Bertz CT molecular complexity index is 753. The van der Waals surface area contributed by atoms with Crippen molar-refractivity contribution in [1.29, 1.82) is 0 Å². The van der Waals surface area contributed by atoms with Gasteiger partial charge in [0, 0.05) is 27.7 Å². The molecule has 2 fully saturated rings. The molecular formula is C18H25N5O4. The number of fused-ring (bicyclic) bond motifs is 1. The number of methoxy groups -OCH3 is 2. The lowest BCUT2D eigenvalue weighted by atomic mass is 10.1. The predicted molar refractivity (Wildman–Crippen MR) is 99.4 cm³/mol. The minimum absolute atomic E-state index is 0.254. The van der Waals surface area contributed by atoms with Crippen LogP contribution in [0.25, 0.3) is 0 Å². The van der Waals surface area contributed by atoms with Gasteiger partial charge >= 0.3 is 6.03 Å². The van der Waals surface area contributed by atoms with Gasteiger partial charge in [0.15, 0.2) is 12.0 Å². The molecule has 1 aromatic rings. The van der Waals surface area contributed by atoms with Gasteiger partial charge in [0.25, 0.3) is 5.91 Å². The van der Waals surface area contributed by atoms with Gasteiger partial charge in [0.1, 0.15) is 11.9 Å². The fourth-order valence-electron chi connectivity index (χ4n) is 3.34. The van der Waals surface area contributed by atoms with E-state index in [0.717, 1.165) is 16.2 Å². The van der Waals surface area contributed by atoms with Gasteiger partial charge in [-0.3, -0.25) is 14.7 Å². The fourth-order valence-corrected chi connectivity index (χ4v) is 3.34. The number of nitrogens with one attached hydrogen (secondary N) is 1. The highest BCUT2D eigenvalue weighted by molar-refractivity contribution is 6.04. The van der Waals surface area contributed by atoms with Crippen molar-refractivity contribution in [2.75, 3.05) is 41.5 Å². The second-order valence-corrected chi connectivity index (χ2v) is 6.50. The normalized spacial score (nSPS) is 23.7. The standard InChI is InChI=1S/C18H25N5O4/c1-21-15-14(16(24)22(2)18(21)25)23(17(20-15)19-8-9-26-3)11-12-6-5-7-13(10-12)27-4/h5-7,10,14-15H,8-9,11H2,1-4H3,(H,19,20). The van der Waals surface area contributed by atoms with Crippen molar-refractivity contribution in [3.8, 4) is 5.75 Å². The number of imide groups is 1.